The molecule has 0 aliphatic heterocycles. The van der Waals surface area contributed by atoms with Crippen molar-refractivity contribution < 1.29 is 4.74 Å². The average molecular weight is 375 g/mol. The average Bonchev–Trinajstić information content (AvgIpc) is 2.95. The van der Waals surface area contributed by atoms with E-state index in [1.807, 2.05) is 12.1 Å². The molecule has 0 saturated carbocycles. The normalized spacial score (nSPS) is 16.8. The molecule has 0 N–H and O–H groups in total. The highest BCUT2D eigenvalue weighted by molar-refractivity contribution is 7.18. The summed E-state index contributed by atoms with van der Waals surface area (Å²) in [5, 5.41) is 1.43. The molecule has 4 rings (SSSR count). The van der Waals surface area contributed by atoms with Gasteiger partial charge in [-0.3, -0.25) is 9.36 Å². The van der Waals surface area contributed by atoms with Crippen LogP contribution in [0, 0.1) is 5.92 Å². The number of nitrogens with zero attached hydrogens (tertiary/aromatic N) is 2. The van der Waals surface area contributed by atoms with E-state index in [1.54, 1.807) is 35.4 Å². The Bertz CT molecular complexity index is 1010. The summed E-state index contributed by atoms with van der Waals surface area (Å²) in [7, 11) is 1.62. The first kappa shape index (κ1) is 16.6. The molecule has 1 aliphatic rings. The monoisotopic (exact) mass is 374 g/mol. The summed E-state index contributed by atoms with van der Waals surface area (Å²) in [6.07, 6.45) is 4.79. The number of aryl methyl sites for hydroxylation is 1. The molecule has 1 atom stereocenters. The van der Waals surface area contributed by atoms with Gasteiger partial charge in [-0.15, -0.1) is 11.3 Å². The highest BCUT2D eigenvalue weighted by atomic mass is 35.5. The van der Waals surface area contributed by atoms with Gasteiger partial charge in [0.15, 0.2) is 0 Å². The predicted molar refractivity (Wildman–Crippen MR) is 102 cm³/mol. The summed E-state index contributed by atoms with van der Waals surface area (Å²) in [4.78, 5) is 19.8. The maximum atomic E-state index is 13.1. The number of hydrogen-bond donors (Lipinski definition) is 0. The van der Waals surface area contributed by atoms with Gasteiger partial charge in [-0.2, -0.15) is 0 Å². The minimum absolute atomic E-state index is 0.0269. The second-order valence-corrected chi connectivity index (χ2v) is 8.19. The van der Waals surface area contributed by atoms with Crippen molar-refractivity contribution in [2.75, 3.05) is 7.11 Å². The Morgan fingerprint density at radius 2 is 2.28 bits per heavy atom. The Kier molecular flexibility index (Phi) is 4.29. The maximum Gasteiger partial charge on any atom is 0.262 e. The second kappa shape index (κ2) is 6.46. The third-order valence-electron chi connectivity index (χ3n) is 4.87. The van der Waals surface area contributed by atoms with Crippen molar-refractivity contribution in [3.05, 3.63) is 55.9 Å². The largest absolute Gasteiger partial charge is 0.496 e. The number of hydrogen-bond acceptors (Lipinski definition) is 4. The molecular weight excluding hydrogens is 356 g/mol. The second-order valence-electron chi connectivity index (χ2n) is 6.67. The molecule has 25 heavy (non-hydrogen) atoms. The summed E-state index contributed by atoms with van der Waals surface area (Å²) in [5.74, 6) is 1.40. The van der Waals surface area contributed by atoms with Crippen LogP contribution in [0.1, 0.15) is 29.3 Å². The van der Waals surface area contributed by atoms with Gasteiger partial charge in [0.05, 0.1) is 25.4 Å². The molecule has 0 radical (unpaired) electrons. The highest BCUT2D eigenvalue weighted by Gasteiger charge is 2.23. The predicted octanol–water partition coefficient (Wildman–Crippen LogP) is 4.29. The number of ether oxygens (including phenoxy) is 1. The first-order valence-electron chi connectivity index (χ1n) is 8.39. The lowest BCUT2D eigenvalue weighted by Crippen LogP contribution is -2.22. The van der Waals surface area contributed by atoms with Crippen molar-refractivity contribution in [3.63, 3.8) is 0 Å². The minimum Gasteiger partial charge on any atom is -0.496 e. The Hall–Kier alpha value is -1.85. The van der Waals surface area contributed by atoms with Crippen LogP contribution in [0.25, 0.3) is 10.2 Å². The Labute approximate surface area is 155 Å². The van der Waals surface area contributed by atoms with Gasteiger partial charge in [-0.1, -0.05) is 18.5 Å². The van der Waals surface area contributed by atoms with E-state index in [0.29, 0.717) is 17.5 Å². The molecule has 2 heterocycles. The Morgan fingerprint density at radius 3 is 3.08 bits per heavy atom. The molecule has 130 valence electrons. The number of halogens is 1. The maximum absolute atomic E-state index is 13.1. The molecular formula is C19H19ClN2O2S. The summed E-state index contributed by atoms with van der Waals surface area (Å²) in [6.45, 7) is 2.66. The first-order chi connectivity index (χ1) is 12.1. The number of aromatic nitrogens is 2. The zero-order valence-corrected chi connectivity index (χ0v) is 15.8. The third-order valence-corrected chi connectivity index (χ3v) is 6.26. The van der Waals surface area contributed by atoms with E-state index >= 15 is 0 Å². The van der Waals surface area contributed by atoms with Gasteiger partial charge in [0.1, 0.15) is 10.6 Å². The highest BCUT2D eigenvalue weighted by Crippen LogP contribution is 2.35. The third kappa shape index (κ3) is 2.96. The van der Waals surface area contributed by atoms with Crippen LogP contribution in [0.15, 0.2) is 29.3 Å². The van der Waals surface area contributed by atoms with Crippen molar-refractivity contribution in [2.24, 2.45) is 5.92 Å². The topological polar surface area (TPSA) is 44.1 Å². The summed E-state index contributed by atoms with van der Waals surface area (Å²) < 4.78 is 7.05. The van der Waals surface area contributed by atoms with Crippen LogP contribution in [0.3, 0.4) is 0 Å². The van der Waals surface area contributed by atoms with E-state index in [0.717, 1.165) is 40.8 Å². The van der Waals surface area contributed by atoms with Crippen molar-refractivity contribution >= 4 is 33.2 Å². The van der Waals surface area contributed by atoms with Gasteiger partial charge in [0.2, 0.25) is 0 Å². The van der Waals surface area contributed by atoms with E-state index in [2.05, 4.69) is 11.9 Å². The number of thiophene rings is 1. The van der Waals surface area contributed by atoms with Crippen LogP contribution >= 0.6 is 22.9 Å². The number of fused-ring (bicyclic) bond motifs is 3. The molecule has 0 spiro atoms. The van der Waals surface area contributed by atoms with Gasteiger partial charge in [0.25, 0.3) is 5.56 Å². The molecule has 0 amide bonds. The molecule has 0 bridgehead atoms. The fourth-order valence-corrected chi connectivity index (χ4v) is 5.07. The van der Waals surface area contributed by atoms with Crippen molar-refractivity contribution in [2.45, 2.75) is 32.7 Å². The fraction of sp³-hybridized carbons (Fsp3) is 0.368. The number of rotatable bonds is 3. The van der Waals surface area contributed by atoms with Gasteiger partial charge in [-0.05, 0) is 48.9 Å². The Morgan fingerprint density at radius 1 is 1.44 bits per heavy atom. The van der Waals surface area contributed by atoms with Crippen LogP contribution in [-0.4, -0.2) is 16.7 Å². The SMILES string of the molecule is COc1ccc(Cl)cc1Cn1cnc2sc3c(c2c1=O)CC[C@H](C)C3. The van der Waals surface area contributed by atoms with E-state index in [-0.39, 0.29) is 5.56 Å². The number of benzene rings is 1. The van der Waals surface area contributed by atoms with Crippen LogP contribution in [0.5, 0.6) is 5.75 Å². The summed E-state index contributed by atoms with van der Waals surface area (Å²) >= 11 is 7.78. The van der Waals surface area contributed by atoms with Gasteiger partial charge in [0, 0.05) is 15.5 Å². The van der Waals surface area contributed by atoms with Crippen LogP contribution in [-0.2, 0) is 19.4 Å². The van der Waals surface area contributed by atoms with E-state index in [1.165, 1.54) is 10.4 Å². The Balaban J connectivity index is 1.80. The first-order valence-corrected chi connectivity index (χ1v) is 9.58. The van der Waals surface area contributed by atoms with Gasteiger partial charge < -0.3 is 4.74 Å². The molecule has 2 aromatic heterocycles. The minimum atomic E-state index is 0.0269. The molecule has 3 aromatic rings. The zero-order chi connectivity index (χ0) is 17.6. The lowest BCUT2D eigenvalue weighted by Gasteiger charge is -2.17. The van der Waals surface area contributed by atoms with Crippen LogP contribution in [0.4, 0.5) is 0 Å². The molecule has 0 saturated heterocycles. The number of methoxy groups -OCH3 is 1. The van der Waals surface area contributed by atoms with Gasteiger partial charge >= 0.3 is 0 Å². The smallest absolute Gasteiger partial charge is 0.262 e. The summed E-state index contributed by atoms with van der Waals surface area (Å²) in [5.41, 5.74) is 2.11. The molecule has 1 aliphatic carbocycles. The molecule has 6 heteroatoms. The van der Waals surface area contributed by atoms with Crippen molar-refractivity contribution in [3.8, 4) is 5.75 Å². The van der Waals surface area contributed by atoms with Crippen molar-refractivity contribution in [1.82, 2.24) is 9.55 Å². The van der Waals surface area contributed by atoms with Gasteiger partial charge in [-0.25, -0.2) is 4.98 Å². The fourth-order valence-electron chi connectivity index (χ4n) is 3.53. The zero-order valence-electron chi connectivity index (χ0n) is 14.2. The molecule has 0 fully saturated rings. The quantitative estimate of drug-likeness (QED) is 0.686. The lowest BCUT2D eigenvalue weighted by molar-refractivity contribution is 0.408. The lowest BCUT2D eigenvalue weighted by atomic mass is 9.89. The summed E-state index contributed by atoms with van der Waals surface area (Å²) in [6, 6.07) is 5.44. The van der Waals surface area contributed by atoms with E-state index < -0.39 is 0 Å². The molecule has 0 unspecified atom stereocenters. The van der Waals surface area contributed by atoms with E-state index in [9.17, 15) is 4.79 Å². The standard InChI is InChI=1S/C19H19ClN2O2S/c1-11-3-5-14-16(7-11)25-18-17(14)19(23)22(10-21-18)9-12-8-13(20)4-6-15(12)24-2/h4,6,8,10-11H,3,5,7,9H2,1-2H3/t11-/m0/s1. The van der Waals surface area contributed by atoms with E-state index in [4.69, 9.17) is 16.3 Å². The molecule has 1 aromatic carbocycles. The molecule has 4 nitrogen and oxygen atoms in total. The van der Waals surface area contributed by atoms with Crippen LogP contribution in [0.2, 0.25) is 5.02 Å². The van der Waals surface area contributed by atoms with Crippen LogP contribution < -0.4 is 10.3 Å². The van der Waals surface area contributed by atoms with Crippen molar-refractivity contribution in [1.29, 1.82) is 0 Å².